The minimum atomic E-state index is -3.41. The molecule has 0 saturated carbocycles. The van der Waals surface area contributed by atoms with Gasteiger partial charge in [0.05, 0.1) is 16.2 Å². The van der Waals surface area contributed by atoms with Crippen LogP contribution in [-0.2, 0) is 22.1 Å². The van der Waals surface area contributed by atoms with Crippen LogP contribution in [0.15, 0.2) is 82.2 Å². The monoisotopic (exact) mass is 459 g/mol. The van der Waals surface area contributed by atoms with Gasteiger partial charge in [-0.3, -0.25) is 0 Å². The van der Waals surface area contributed by atoms with Crippen molar-refractivity contribution in [3.63, 3.8) is 0 Å². The minimum Gasteiger partial charge on any atom is -0.334 e. The van der Waals surface area contributed by atoms with E-state index in [1.54, 1.807) is 54.6 Å². The SMILES string of the molecule is CCCn1nnc2cc(-c3noc(-c4ccc(CS(=O)(=O)c5ccccc5)cc4)n3)ccc21. The van der Waals surface area contributed by atoms with Crippen LogP contribution >= 0.6 is 0 Å². The molecule has 0 radical (unpaired) electrons. The molecule has 0 spiro atoms. The lowest BCUT2D eigenvalue weighted by Crippen LogP contribution is -2.04. The highest BCUT2D eigenvalue weighted by Gasteiger charge is 2.16. The number of nitrogens with zero attached hydrogens (tertiary/aromatic N) is 5. The fourth-order valence-corrected chi connectivity index (χ4v) is 4.99. The van der Waals surface area contributed by atoms with Crippen molar-refractivity contribution in [3.05, 3.63) is 78.4 Å². The fourth-order valence-electron chi connectivity index (χ4n) is 3.62. The standard InChI is InChI=1S/C24H21N5O3S/c1-2-14-29-22-13-12-19(15-21(22)26-28-29)23-25-24(32-27-23)18-10-8-17(9-11-18)16-33(30,31)20-6-4-3-5-7-20/h3-13,15H,2,14,16H2,1H3. The molecule has 0 atom stereocenters. The summed E-state index contributed by atoms with van der Waals surface area (Å²) in [6, 6.07) is 21.3. The van der Waals surface area contributed by atoms with Gasteiger partial charge in [0.15, 0.2) is 9.84 Å². The zero-order valence-electron chi connectivity index (χ0n) is 17.9. The lowest BCUT2D eigenvalue weighted by atomic mass is 10.1. The van der Waals surface area contributed by atoms with Gasteiger partial charge in [-0.15, -0.1) is 5.10 Å². The van der Waals surface area contributed by atoms with Gasteiger partial charge in [-0.1, -0.05) is 47.6 Å². The molecule has 0 amide bonds. The van der Waals surface area contributed by atoms with E-state index in [0.717, 1.165) is 29.6 Å². The molecule has 3 aromatic carbocycles. The molecule has 0 N–H and O–H groups in total. The van der Waals surface area contributed by atoms with Crippen LogP contribution in [-0.4, -0.2) is 33.6 Å². The van der Waals surface area contributed by atoms with Crippen LogP contribution in [0.5, 0.6) is 0 Å². The first-order chi connectivity index (χ1) is 16.0. The smallest absolute Gasteiger partial charge is 0.258 e. The molecule has 9 heteroatoms. The molecular formula is C24H21N5O3S. The summed E-state index contributed by atoms with van der Waals surface area (Å²) in [5.74, 6) is 0.732. The number of aromatic nitrogens is 5. The van der Waals surface area contributed by atoms with Gasteiger partial charge >= 0.3 is 0 Å². The van der Waals surface area contributed by atoms with Gasteiger partial charge in [-0.25, -0.2) is 13.1 Å². The number of hydrogen-bond acceptors (Lipinski definition) is 7. The van der Waals surface area contributed by atoms with Crippen LogP contribution in [0.3, 0.4) is 0 Å². The van der Waals surface area contributed by atoms with Gasteiger partial charge in [-0.05, 0) is 54.4 Å². The molecule has 0 fully saturated rings. The predicted molar refractivity (Wildman–Crippen MR) is 124 cm³/mol. The summed E-state index contributed by atoms with van der Waals surface area (Å²) in [5, 5.41) is 12.5. The average Bonchev–Trinajstić information content (AvgIpc) is 3.48. The van der Waals surface area contributed by atoms with E-state index >= 15 is 0 Å². The van der Waals surface area contributed by atoms with Gasteiger partial charge in [0.2, 0.25) is 5.82 Å². The number of sulfone groups is 1. The molecule has 0 aliphatic rings. The summed E-state index contributed by atoms with van der Waals surface area (Å²) in [6.45, 7) is 2.91. The molecule has 0 bridgehead atoms. The quantitative estimate of drug-likeness (QED) is 0.352. The number of hydrogen-bond donors (Lipinski definition) is 0. The lowest BCUT2D eigenvalue weighted by Gasteiger charge is -2.05. The van der Waals surface area contributed by atoms with Crippen molar-refractivity contribution in [1.82, 2.24) is 25.1 Å². The summed E-state index contributed by atoms with van der Waals surface area (Å²) in [4.78, 5) is 4.81. The van der Waals surface area contributed by atoms with E-state index in [2.05, 4.69) is 27.4 Å². The minimum absolute atomic E-state index is 0.0783. The zero-order valence-corrected chi connectivity index (χ0v) is 18.7. The summed E-state index contributed by atoms with van der Waals surface area (Å²) < 4.78 is 32.5. The first kappa shape index (κ1) is 21.0. The fraction of sp³-hybridized carbons (Fsp3) is 0.167. The summed E-state index contributed by atoms with van der Waals surface area (Å²) in [6.07, 6.45) is 0.978. The molecule has 0 saturated heterocycles. The largest absolute Gasteiger partial charge is 0.334 e. The highest BCUT2D eigenvalue weighted by molar-refractivity contribution is 7.90. The van der Waals surface area contributed by atoms with Crippen LogP contribution in [0.4, 0.5) is 0 Å². The van der Waals surface area contributed by atoms with Crippen molar-refractivity contribution < 1.29 is 12.9 Å². The Morgan fingerprint density at radius 3 is 2.45 bits per heavy atom. The molecule has 5 aromatic rings. The van der Waals surface area contributed by atoms with Crippen molar-refractivity contribution >= 4 is 20.9 Å². The molecule has 0 aliphatic carbocycles. The molecule has 2 heterocycles. The van der Waals surface area contributed by atoms with E-state index < -0.39 is 9.84 Å². The first-order valence-corrected chi connectivity index (χ1v) is 12.2. The van der Waals surface area contributed by atoms with Crippen LogP contribution in [0.2, 0.25) is 0 Å². The van der Waals surface area contributed by atoms with Gasteiger partial charge in [0, 0.05) is 17.7 Å². The molecule has 2 aromatic heterocycles. The Morgan fingerprint density at radius 1 is 0.939 bits per heavy atom. The van der Waals surface area contributed by atoms with Gasteiger partial charge < -0.3 is 4.52 Å². The van der Waals surface area contributed by atoms with Gasteiger partial charge in [0.25, 0.3) is 5.89 Å². The zero-order chi connectivity index (χ0) is 22.8. The highest BCUT2D eigenvalue weighted by atomic mass is 32.2. The Balaban J connectivity index is 1.35. The Kier molecular flexibility index (Phi) is 5.47. The van der Waals surface area contributed by atoms with Crippen LogP contribution in [0.25, 0.3) is 33.9 Å². The Morgan fingerprint density at radius 2 is 1.70 bits per heavy atom. The number of rotatable bonds is 7. The third-order valence-electron chi connectivity index (χ3n) is 5.29. The second kappa shape index (κ2) is 8.59. The third-order valence-corrected chi connectivity index (χ3v) is 7.00. The van der Waals surface area contributed by atoms with Crippen LogP contribution in [0, 0.1) is 0 Å². The maximum absolute atomic E-state index is 12.6. The number of fused-ring (bicyclic) bond motifs is 1. The second-order valence-corrected chi connectivity index (χ2v) is 9.70. The van der Waals surface area contributed by atoms with Crippen molar-refractivity contribution in [3.8, 4) is 22.8 Å². The molecule has 5 rings (SSSR count). The Hall–Kier alpha value is -3.85. The summed E-state index contributed by atoms with van der Waals surface area (Å²) in [7, 11) is -3.41. The van der Waals surface area contributed by atoms with E-state index in [9.17, 15) is 8.42 Å². The first-order valence-electron chi connectivity index (χ1n) is 10.6. The van der Waals surface area contributed by atoms with Crippen molar-refractivity contribution in [2.45, 2.75) is 30.5 Å². The molecule has 0 unspecified atom stereocenters. The predicted octanol–water partition coefficient (Wildman–Crippen LogP) is 4.53. The van der Waals surface area contributed by atoms with Crippen LogP contribution in [0.1, 0.15) is 18.9 Å². The summed E-state index contributed by atoms with van der Waals surface area (Å²) >= 11 is 0. The van der Waals surface area contributed by atoms with E-state index in [0.29, 0.717) is 27.7 Å². The topological polar surface area (TPSA) is 104 Å². The van der Waals surface area contributed by atoms with E-state index in [1.807, 2.05) is 22.9 Å². The maximum atomic E-state index is 12.6. The van der Waals surface area contributed by atoms with Crippen LogP contribution < -0.4 is 0 Å². The van der Waals surface area contributed by atoms with Crippen molar-refractivity contribution in [2.24, 2.45) is 0 Å². The van der Waals surface area contributed by atoms with Crippen molar-refractivity contribution in [2.75, 3.05) is 0 Å². The van der Waals surface area contributed by atoms with Gasteiger partial charge in [-0.2, -0.15) is 4.98 Å². The second-order valence-electron chi connectivity index (χ2n) is 7.71. The normalized spacial score (nSPS) is 11.8. The van der Waals surface area contributed by atoms with E-state index in [4.69, 9.17) is 4.52 Å². The van der Waals surface area contributed by atoms with Crippen molar-refractivity contribution in [1.29, 1.82) is 0 Å². The van der Waals surface area contributed by atoms with Gasteiger partial charge in [0.1, 0.15) is 5.52 Å². The summed E-state index contributed by atoms with van der Waals surface area (Å²) in [5.41, 5.74) is 3.92. The highest BCUT2D eigenvalue weighted by Crippen LogP contribution is 2.25. The number of benzene rings is 3. The molecular weight excluding hydrogens is 438 g/mol. The average molecular weight is 460 g/mol. The third kappa shape index (κ3) is 4.27. The molecule has 8 nitrogen and oxygen atoms in total. The number of aryl methyl sites for hydroxylation is 1. The van der Waals surface area contributed by atoms with E-state index in [-0.39, 0.29) is 5.75 Å². The molecule has 0 aliphatic heterocycles. The Bertz CT molecular complexity index is 1510. The lowest BCUT2D eigenvalue weighted by molar-refractivity contribution is 0.432. The molecule has 33 heavy (non-hydrogen) atoms. The van der Waals surface area contributed by atoms with E-state index in [1.165, 1.54) is 0 Å². The maximum Gasteiger partial charge on any atom is 0.258 e. The Labute approximate surface area is 190 Å². The molecule has 166 valence electrons.